The summed E-state index contributed by atoms with van der Waals surface area (Å²) >= 11 is 0. The molecule has 0 radical (unpaired) electrons. The van der Waals surface area contributed by atoms with Gasteiger partial charge in [-0.25, -0.2) is 4.98 Å². The molecule has 1 heterocycles. The predicted molar refractivity (Wildman–Crippen MR) is 128 cm³/mol. The number of rotatable bonds is 7. The Balaban J connectivity index is 1.48. The highest BCUT2D eigenvalue weighted by Crippen LogP contribution is 2.28. The van der Waals surface area contributed by atoms with E-state index in [0.717, 1.165) is 17.7 Å². The molecule has 1 aromatic heterocycles. The minimum Gasteiger partial charge on any atom is -0.491 e. The number of hydrogen-bond donors (Lipinski definition) is 1. The normalized spacial score (nSPS) is 12.2. The highest BCUT2D eigenvalue weighted by molar-refractivity contribution is 6.05. The van der Waals surface area contributed by atoms with Crippen molar-refractivity contribution in [2.75, 3.05) is 5.32 Å². The van der Waals surface area contributed by atoms with Crippen molar-refractivity contribution in [3.05, 3.63) is 77.9 Å². The third-order valence-corrected chi connectivity index (χ3v) is 5.50. The first kappa shape index (κ1) is 21.6. The van der Waals surface area contributed by atoms with Crippen molar-refractivity contribution in [2.24, 2.45) is 0 Å². The Kier molecular flexibility index (Phi) is 6.26. The molecular weight excluding hydrogens is 400 g/mol. The fourth-order valence-electron chi connectivity index (χ4n) is 3.34. The summed E-state index contributed by atoms with van der Waals surface area (Å²) in [7, 11) is 0. The number of ether oxygens (including phenoxy) is 1. The van der Waals surface area contributed by atoms with Crippen LogP contribution < -0.4 is 10.1 Å². The zero-order valence-corrected chi connectivity index (χ0v) is 18.9. The maximum Gasteiger partial charge on any atom is 0.255 e. The molecule has 0 fully saturated rings. The van der Waals surface area contributed by atoms with Crippen LogP contribution in [0.25, 0.3) is 22.6 Å². The van der Waals surface area contributed by atoms with Gasteiger partial charge in [-0.05, 0) is 79.4 Å². The number of amides is 1. The second-order valence-electron chi connectivity index (χ2n) is 8.29. The minimum atomic E-state index is -0.188. The van der Waals surface area contributed by atoms with E-state index in [4.69, 9.17) is 9.15 Å². The molecule has 5 heteroatoms. The predicted octanol–water partition coefficient (Wildman–Crippen LogP) is 7.05. The first-order valence-electron chi connectivity index (χ1n) is 11.0. The molecule has 0 aliphatic heterocycles. The van der Waals surface area contributed by atoms with Crippen molar-refractivity contribution in [3.8, 4) is 17.2 Å². The lowest BCUT2D eigenvalue weighted by Gasteiger charge is -2.12. The maximum atomic E-state index is 12.7. The van der Waals surface area contributed by atoms with Gasteiger partial charge in [0.25, 0.3) is 5.91 Å². The van der Waals surface area contributed by atoms with Crippen LogP contribution in [-0.2, 0) is 0 Å². The number of fused-ring (bicyclic) bond motifs is 1. The molecule has 4 rings (SSSR count). The summed E-state index contributed by atoms with van der Waals surface area (Å²) in [5.41, 5.74) is 4.80. The second-order valence-corrected chi connectivity index (χ2v) is 8.29. The lowest BCUT2D eigenvalue weighted by atomic mass is 10.0. The third-order valence-electron chi connectivity index (χ3n) is 5.50. The number of hydrogen-bond acceptors (Lipinski definition) is 4. The highest BCUT2D eigenvalue weighted by atomic mass is 16.5. The first-order chi connectivity index (χ1) is 15.4. The fourth-order valence-corrected chi connectivity index (χ4v) is 3.34. The molecule has 32 heavy (non-hydrogen) atoms. The number of carbonyl (C=O) groups excluding carboxylic acids is 1. The Hall–Kier alpha value is -3.60. The summed E-state index contributed by atoms with van der Waals surface area (Å²) in [6, 6.07) is 20.9. The van der Waals surface area contributed by atoms with E-state index in [1.165, 1.54) is 5.56 Å². The fraction of sp³-hybridized carbons (Fsp3) is 0.259. The molecule has 0 spiro atoms. The van der Waals surface area contributed by atoms with Gasteiger partial charge in [-0.15, -0.1) is 0 Å². The Bertz CT molecular complexity index is 1210. The SMILES string of the molecule is CC[C@@H](C)Oc1ccc(C(=O)Nc2ccc3oc(-c4ccc(C(C)C)cc4)nc3c2)cc1. The van der Waals surface area contributed by atoms with Crippen molar-refractivity contribution in [3.63, 3.8) is 0 Å². The molecule has 0 unspecified atom stereocenters. The summed E-state index contributed by atoms with van der Waals surface area (Å²) in [5.74, 6) is 1.61. The molecular formula is C27H28N2O3. The molecule has 164 valence electrons. The average molecular weight is 429 g/mol. The van der Waals surface area contributed by atoms with Crippen molar-refractivity contribution in [1.29, 1.82) is 0 Å². The Labute approximate surface area is 188 Å². The zero-order valence-electron chi connectivity index (χ0n) is 18.9. The highest BCUT2D eigenvalue weighted by Gasteiger charge is 2.12. The topological polar surface area (TPSA) is 64.4 Å². The van der Waals surface area contributed by atoms with Crippen LogP contribution in [0.4, 0.5) is 5.69 Å². The quantitative estimate of drug-likeness (QED) is 0.343. The van der Waals surface area contributed by atoms with Crippen LogP contribution in [-0.4, -0.2) is 17.0 Å². The molecule has 1 amide bonds. The molecule has 5 nitrogen and oxygen atoms in total. The second kappa shape index (κ2) is 9.27. The number of anilines is 1. The van der Waals surface area contributed by atoms with E-state index in [-0.39, 0.29) is 12.0 Å². The summed E-state index contributed by atoms with van der Waals surface area (Å²) < 4.78 is 11.7. The van der Waals surface area contributed by atoms with Gasteiger partial charge in [0.2, 0.25) is 5.89 Å². The summed E-state index contributed by atoms with van der Waals surface area (Å²) in [6.07, 6.45) is 1.07. The molecule has 1 N–H and O–H groups in total. The van der Waals surface area contributed by atoms with Crippen LogP contribution in [0.1, 0.15) is 56.0 Å². The number of aromatic nitrogens is 1. The monoisotopic (exact) mass is 428 g/mol. The smallest absolute Gasteiger partial charge is 0.255 e. The van der Waals surface area contributed by atoms with Gasteiger partial charge in [0, 0.05) is 16.8 Å². The average Bonchev–Trinajstić information content (AvgIpc) is 3.23. The van der Waals surface area contributed by atoms with Crippen molar-refractivity contribution < 1.29 is 13.9 Å². The number of carbonyl (C=O) groups is 1. The van der Waals surface area contributed by atoms with E-state index in [1.54, 1.807) is 12.1 Å². The lowest BCUT2D eigenvalue weighted by molar-refractivity contribution is 0.102. The van der Waals surface area contributed by atoms with E-state index >= 15 is 0 Å². The first-order valence-corrected chi connectivity index (χ1v) is 11.0. The Morgan fingerprint density at radius 3 is 2.38 bits per heavy atom. The van der Waals surface area contributed by atoms with Crippen LogP contribution in [0, 0.1) is 0 Å². The molecule has 3 aromatic carbocycles. The third kappa shape index (κ3) is 4.83. The van der Waals surface area contributed by atoms with Gasteiger partial charge >= 0.3 is 0 Å². The standard InChI is InChI=1S/C27H28N2O3/c1-5-18(4)31-23-13-10-20(11-14-23)26(30)28-22-12-15-25-24(16-22)29-27(32-25)21-8-6-19(7-9-21)17(2)3/h6-18H,5H2,1-4H3,(H,28,30)/t18-/m1/s1. The number of benzene rings is 3. The van der Waals surface area contributed by atoms with E-state index in [0.29, 0.717) is 34.2 Å². The van der Waals surface area contributed by atoms with E-state index in [2.05, 4.69) is 43.2 Å². The van der Waals surface area contributed by atoms with Crippen LogP contribution >= 0.6 is 0 Å². The van der Waals surface area contributed by atoms with Gasteiger partial charge in [0.1, 0.15) is 11.3 Å². The van der Waals surface area contributed by atoms with E-state index in [1.807, 2.05) is 49.4 Å². The zero-order chi connectivity index (χ0) is 22.7. The van der Waals surface area contributed by atoms with Crippen LogP contribution in [0.15, 0.2) is 71.1 Å². The molecule has 1 atom stereocenters. The van der Waals surface area contributed by atoms with E-state index in [9.17, 15) is 4.79 Å². The van der Waals surface area contributed by atoms with Gasteiger partial charge in [0.15, 0.2) is 5.58 Å². The molecule has 0 aliphatic carbocycles. The van der Waals surface area contributed by atoms with E-state index < -0.39 is 0 Å². The van der Waals surface area contributed by atoms with Crippen molar-refractivity contribution in [2.45, 2.75) is 46.1 Å². The molecule has 0 aliphatic rings. The van der Waals surface area contributed by atoms with Gasteiger partial charge in [-0.2, -0.15) is 0 Å². The molecule has 0 saturated carbocycles. The Morgan fingerprint density at radius 2 is 1.72 bits per heavy atom. The van der Waals surface area contributed by atoms with Crippen molar-refractivity contribution in [1.82, 2.24) is 4.98 Å². The van der Waals surface area contributed by atoms with Crippen molar-refractivity contribution >= 4 is 22.7 Å². The number of oxazole rings is 1. The van der Waals surface area contributed by atoms with Crippen LogP contribution in [0.3, 0.4) is 0 Å². The summed E-state index contributed by atoms with van der Waals surface area (Å²) in [5, 5.41) is 2.93. The number of nitrogens with one attached hydrogen (secondary N) is 1. The van der Waals surface area contributed by atoms with Crippen LogP contribution in [0.5, 0.6) is 5.75 Å². The van der Waals surface area contributed by atoms with Gasteiger partial charge in [-0.3, -0.25) is 4.79 Å². The summed E-state index contributed by atoms with van der Waals surface area (Å²) in [6.45, 7) is 8.43. The lowest BCUT2D eigenvalue weighted by Crippen LogP contribution is -2.12. The van der Waals surface area contributed by atoms with Gasteiger partial charge in [0.05, 0.1) is 6.10 Å². The van der Waals surface area contributed by atoms with Crippen LogP contribution in [0.2, 0.25) is 0 Å². The number of nitrogens with zero attached hydrogens (tertiary/aromatic N) is 1. The molecule has 4 aromatic rings. The summed E-state index contributed by atoms with van der Waals surface area (Å²) in [4.78, 5) is 17.3. The van der Waals surface area contributed by atoms with Gasteiger partial charge in [-0.1, -0.05) is 32.9 Å². The van der Waals surface area contributed by atoms with Gasteiger partial charge < -0.3 is 14.5 Å². The minimum absolute atomic E-state index is 0.141. The Morgan fingerprint density at radius 1 is 1.00 bits per heavy atom. The largest absolute Gasteiger partial charge is 0.491 e. The maximum absolute atomic E-state index is 12.7. The molecule has 0 bridgehead atoms. The molecule has 0 saturated heterocycles.